The zero-order valence-corrected chi connectivity index (χ0v) is 17.0. The summed E-state index contributed by atoms with van der Waals surface area (Å²) in [6, 6.07) is 14.7. The highest BCUT2D eigenvalue weighted by molar-refractivity contribution is 7.89. The van der Waals surface area contributed by atoms with Gasteiger partial charge >= 0.3 is 0 Å². The Hall–Kier alpha value is -1.73. The first kappa shape index (κ1) is 20.0. The maximum atomic E-state index is 13.0. The van der Waals surface area contributed by atoms with Crippen LogP contribution in [-0.4, -0.2) is 38.6 Å². The van der Waals surface area contributed by atoms with Crippen LogP contribution in [0.5, 0.6) is 0 Å². The van der Waals surface area contributed by atoms with Crippen LogP contribution in [0.2, 0.25) is 5.02 Å². The van der Waals surface area contributed by atoms with E-state index < -0.39 is 10.0 Å². The third-order valence-corrected chi connectivity index (χ3v) is 6.56. The molecule has 144 valence electrons. The van der Waals surface area contributed by atoms with Gasteiger partial charge in [0.1, 0.15) is 0 Å². The number of benzene rings is 2. The number of nitrogens with zero attached hydrogens (tertiary/aromatic N) is 2. The standard InChI is InChI=1S/C19H20ClN3O2S.ClH/c20-16-6-4-15(5-7-16)14-26(24,25)23-11-8-17-18(2-1-3-19(17)23)22-12-9-21-10-13-22;/h1-8,11,21H,9-10,12-14H2;1H. The first-order valence-corrected chi connectivity index (χ1v) is 10.6. The Labute approximate surface area is 170 Å². The monoisotopic (exact) mass is 425 g/mol. The Kier molecular flexibility index (Phi) is 6.01. The number of rotatable bonds is 4. The quantitative estimate of drug-likeness (QED) is 0.694. The Morgan fingerprint density at radius 3 is 2.41 bits per heavy atom. The lowest BCUT2D eigenvalue weighted by Crippen LogP contribution is -2.43. The molecule has 1 saturated heterocycles. The van der Waals surface area contributed by atoms with Crippen molar-refractivity contribution in [1.82, 2.24) is 9.29 Å². The van der Waals surface area contributed by atoms with E-state index in [-0.39, 0.29) is 18.2 Å². The average molecular weight is 426 g/mol. The Balaban J connectivity index is 0.00000210. The van der Waals surface area contributed by atoms with E-state index >= 15 is 0 Å². The van der Waals surface area contributed by atoms with Crippen molar-refractivity contribution in [1.29, 1.82) is 0 Å². The highest BCUT2D eigenvalue weighted by Crippen LogP contribution is 2.29. The van der Waals surface area contributed by atoms with Gasteiger partial charge in [0.25, 0.3) is 0 Å². The number of halogens is 2. The maximum Gasteiger partial charge on any atom is 0.243 e. The van der Waals surface area contributed by atoms with Crippen molar-refractivity contribution in [2.24, 2.45) is 0 Å². The van der Waals surface area contributed by atoms with Crippen LogP contribution < -0.4 is 10.2 Å². The first-order valence-electron chi connectivity index (χ1n) is 8.58. The number of anilines is 1. The molecule has 8 heteroatoms. The summed E-state index contributed by atoms with van der Waals surface area (Å²) < 4.78 is 27.3. The van der Waals surface area contributed by atoms with E-state index in [0.29, 0.717) is 5.02 Å². The van der Waals surface area contributed by atoms with Crippen LogP contribution in [0.25, 0.3) is 10.9 Å². The number of piperazine rings is 1. The lowest BCUT2D eigenvalue weighted by Gasteiger charge is -2.30. The summed E-state index contributed by atoms with van der Waals surface area (Å²) in [6.07, 6.45) is 1.65. The lowest BCUT2D eigenvalue weighted by molar-refractivity contribution is 0.588. The van der Waals surface area contributed by atoms with Crippen molar-refractivity contribution in [2.75, 3.05) is 31.1 Å². The normalized spacial score (nSPS) is 14.9. The van der Waals surface area contributed by atoms with Crippen molar-refractivity contribution in [3.63, 3.8) is 0 Å². The third kappa shape index (κ3) is 4.09. The van der Waals surface area contributed by atoms with Gasteiger partial charge in [-0.1, -0.05) is 29.8 Å². The van der Waals surface area contributed by atoms with Crippen LogP contribution in [0.1, 0.15) is 5.56 Å². The zero-order chi connectivity index (χ0) is 18.1. The molecule has 0 radical (unpaired) electrons. The third-order valence-electron chi connectivity index (χ3n) is 4.69. The van der Waals surface area contributed by atoms with Crippen LogP contribution in [-0.2, 0) is 15.8 Å². The molecule has 1 aliphatic rings. The molecular formula is C19H21Cl2N3O2S. The van der Waals surface area contributed by atoms with Gasteiger partial charge in [-0.25, -0.2) is 12.4 Å². The van der Waals surface area contributed by atoms with Gasteiger partial charge in [0, 0.05) is 48.5 Å². The van der Waals surface area contributed by atoms with Gasteiger partial charge in [0.05, 0.1) is 11.3 Å². The summed E-state index contributed by atoms with van der Waals surface area (Å²) in [7, 11) is -3.51. The van der Waals surface area contributed by atoms with Crippen LogP contribution in [0.15, 0.2) is 54.7 Å². The summed E-state index contributed by atoms with van der Waals surface area (Å²) in [5, 5.41) is 4.90. The highest BCUT2D eigenvalue weighted by atomic mass is 35.5. The van der Waals surface area contributed by atoms with E-state index in [1.54, 1.807) is 30.5 Å². The topological polar surface area (TPSA) is 54.3 Å². The van der Waals surface area contributed by atoms with E-state index in [1.807, 2.05) is 18.2 Å². The van der Waals surface area contributed by atoms with Crippen molar-refractivity contribution in [3.05, 3.63) is 65.3 Å². The van der Waals surface area contributed by atoms with Crippen molar-refractivity contribution < 1.29 is 8.42 Å². The SMILES string of the molecule is Cl.O=S(=O)(Cc1ccc(Cl)cc1)n1ccc2c(N3CCNCC3)cccc21. The molecule has 1 fully saturated rings. The summed E-state index contributed by atoms with van der Waals surface area (Å²) in [6.45, 7) is 3.71. The molecule has 2 heterocycles. The second-order valence-electron chi connectivity index (χ2n) is 6.44. The second kappa shape index (κ2) is 8.10. The molecule has 1 aliphatic heterocycles. The molecule has 5 nitrogen and oxygen atoms in total. The summed E-state index contributed by atoms with van der Waals surface area (Å²) in [5.74, 6) is -0.0637. The van der Waals surface area contributed by atoms with Crippen LogP contribution >= 0.6 is 24.0 Å². The molecule has 1 aromatic heterocycles. The predicted octanol–water partition coefficient (Wildman–Crippen LogP) is 3.50. The maximum absolute atomic E-state index is 13.0. The molecule has 27 heavy (non-hydrogen) atoms. The fourth-order valence-electron chi connectivity index (χ4n) is 3.41. The largest absolute Gasteiger partial charge is 0.368 e. The van der Waals surface area contributed by atoms with Crippen molar-refractivity contribution >= 4 is 50.6 Å². The van der Waals surface area contributed by atoms with E-state index in [9.17, 15) is 8.42 Å². The van der Waals surface area contributed by atoms with Gasteiger partial charge in [-0.3, -0.25) is 0 Å². The molecule has 2 aromatic carbocycles. The minimum atomic E-state index is -3.51. The molecule has 0 unspecified atom stereocenters. The Morgan fingerprint density at radius 1 is 1.00 bits per heavy atom. The van der Waals surface area contributed by atoms with E-state index in [1.165, 1.54) is 3.97 Å². The van der Waals surface area contributed by atoms with E-state index in [4.69, 9.17) is 11.6 Å². The van der Waals surface area contributed by atoms with Crippen LogP contribution in [0, 0.1) is 0 Å². The number of hydrogen-bond acceptors (Lipinski definition) is 4. The molecule has 3 aromatic rings. The molecule has 0 bridgehead atoms. The van der Waals surface area contributed by atoms with Gasteiger partial charge in [-0.05, 0) is 35.9 Å². The van der Waals surface area contributed by atoms with Crippen molar-refractivity contribution in [2.45, 2.75) is 5.75 Å². The van der Waals surface area contributed by atoms with Gasteiger partial charge in [0.2, 0.25) is 10.0 Å². The van der Waals surface area contributed by atoms with Crippen LogP contribution in [0.3, 0.4) is 0 Å². The average Bonchev–Trinajstić information content (AvgIpc) is 3.09. The highest BCUT2D eigenvalue weighted by Gasteiger charge is 2.20. The summed E-state index contributed by atoms with van der Waals surface area (Å²) >= 11 is 5.89. The number of hydrogen-bond donors (Lipinski definition) is 1. The summed E-state index contributed by atoms with van der Waals surface area (Å²) in [5.41, 5.74) is 2.52. The molecule has 0 atom stereocenters. The lowest BCUT2D eigenvalue weighted by atomic mass is 10.2. The first-order chi connectivity index (χ1) is 12.5. The molecule has 0 amide bonds. The number of fused-ring (bicyclic) bond motifs is 1. The second-order valence-corrected chi connectivity index (χ2v) is 8.72. The minimum absolute atomic E-state index is 0. The predicted molar refractivity (Wildman–Crippen MR) is 114 cm³/mol. The molecular weight excluding hydrogens is 405 g/mol. The van der Waals surface area contributed by atoms with Gasteiger partial charge < -0.3 is 10.2 Å². The zero-order valence-electron chi connectivity index (χ0n) is 14.6. The van der Waals surface area contributed by atoms with Gasteiger partial charge in [-0.2, -0.15) is 0 Å². The minimum Gasteiger partial charge on any atom is -0.368 e. The Morgan fingerprint density at radius 2 is 1.70 bits per heavy atom. The summed E-state index contributed by atoms with van der Waals surface area (Å²) in [4.78, 5) is 2.30. The van der Waals surface area contributed by atoms with E-state index in [2.05, 4.69) is 16.3 Å². The molecule has 0 spiro atoms. The fraction of sp³-hybridized carbons (Fsp3) is 0.263. The van der Waals surface area contributed by atoms with Gasteiger partial charge in [0.15, 0.2) is 0 Å². The molecule has 4 rings (SSSR count). The molecule has 1 N–H and O–H groups in total. The van der Waals surface area contributed by atoms with Crippen LogP contribution in [0.4, 0.5) is 5.69 Å². The number of aromatic nitrogens is 1. The molecule has 0 saturated carbocycles. The van der Waals surface area contributed by atoms with E-state index in [0.717, 1.165) is 48.3 Å². The fourth-order valence-corrected chi connectivity index (χ4v) is 5.00. The number of nitrogens with one attached hydrogen (secondary N) is 1. The van der Waals surface area contributed by atoms with Crippen molar-refractivity contribution in [3.8, 4) is 0 Å². The smallest absolute Gasteiger partial charge is 0.243 e. The van der Waals surface area contributed by atoms with Gasteiger partial charge in [-0.15, -0.1) is 12.4 Å². The Bertz CT molecular complexity index is 1030. The molecule has 0 aliphatic carbocycles.